The number of hydrogen-bond donors (Lipinski definition) is 1. The summed E-state index contributed by atoms with van der Waals surface area (Å²) in [5.41, 5.74) is 1.26. The van der Waals surface area contributed by atoms with Crippen molar-refractivity contribution >= 4 is 0 Å². The minimum Gasteiger partial charge on any atom is -0.338 e. The first kappa shape index (κ1) is 10.8. The summed E-state index contributed by atoms with van der Waals surface area (Å²) in [6, 6.07) is 4.04. The molecule has 0 saturated carbocycles. The maximum atomic E-state index is 4.27. The minimum atomic E-state index is 0.882. The van der Waals surface area contributed by atoms with Crippen LogP contribution in [0.1, 0.15) is 11.4 Å². The van der Waals surface area contributed by atoms with Gasteiger partial charge in [-0.1, -0.05) is 0 Å². The molecule has 0 atom stereocenters. The van der Waals surface area contributed by atoms with Crippen molar-refractivity contribution in [2.24, 2.45) is 7.05 Å². The lowest BCUT2D eigenvalue weighted by molar-refractivity contribution is 0.654. The summed E-state index contributed by atoms with van der Waals surface area (Å²) in [7, 11) is 2.02. The van der Waals surface area contributed by atoms with Crippen LogP contribution >= 0.6 is 0 Å². The number of pyridine rings is 1. The fourth-order valence-electron chi connectivity index (χ4n) is 1.57. The summed E-state index contributed by atoms with van der Waals surface area (Å²) >= 11 is 0. The number of rotatable bonds is 5. The summed E-state index contributed by atoms with van der Waals surface area (Å²) in [5, 5.41) is 3.39. The zero-order valence-corrected chi connectivity index (χ0v) is 9.43. The van der Waals surface area contributed by atoms with Crippen LogP contribution in [0.25, 0.3) is 0 Å². The monoisotopic (exact) mass is 216 g/mol. The van der Waals surface area contributed by atoms with Crippen molar-refractivity contribution in [2.75, 3.05) is 6.54 Å². The number of imidazole rings is 1. The molecule has 84 valence electrons. The van der Waals surface area contributed by atoms with Gasteiger partial charge in [-0.2, -0.15) is 0 Å². The molecule has 0 bridgehead atoms. The first-order valence-electron chi connectivity index (χ1n) is 5.42. The molecule has 0 spiro atoms. The second-order valence-corrected chi connectivity index (χ2v) is 3.74. The van der Waals surface area contributed by atoms with Gasteiger partial charge in [-0.25, -0.2) is 4.98 Å². The molecule has 4 heteroatoms. The van der Waals surface area contributed by atoms with E-state index >= 15 is 0 Å². The topological polar surface area (TPSA) is 42.7 Å². The normalized spacial score (nSPS) is 10.6. The van der Waals surface area contributed by atoms with Gasteiger partial charge in [0.05, 0.1) is 0 Å². The van der Waals surface area contributed by atoms with Gasteiger partial charge in [-0.3, -0.25) is 4.98 Å². The van der Waals surface area contributed by atoms with E-state index in [-0.39, 0.29) is 0 Å². The van der Waals surface area contributed by atoms with E-state index in [1.165, 1.54) is 5.56 Å². The molecule has 0 radical (unpaired) electrons. The van der Waals surface area contributed by atoms with Gasteiger partial charge in [0.2, 0.25) is 0 Å². The number of nitrogens with one attached hydrogen (secondary N) is 1. The van der Waals surface area contributed by atoms with E-state index in [0.29, 0.717) is 0 Å². The lowest BCUT2D eigenvalue weighted by atomic mass is 10.2. The molecular formula is C12H16N4. The Kier molecular flexibility index (Phi) is 3.66. The van der Waals surface area contributed by atoms with Crippen molar-refractivity contribution in [3.63, 3.8) is 0 Å². The molecule has 2 aromatic heterocycles. The van der Waals surface area contributed by atoms with Crippen LogP contribution in [0.15, 0.2) is 36.9 Å². The van der Waals surface area contributed by atoms with Crippen LogP contribution in [-0.2, 0) is 20.0 Å². The zero-order chi connectivity index (χ0) is 11.2. The smallest absolute Gasteiger partial charge is 0.109 e. The third-order valence-corrected chi connectivity index (χ3v) is 2.52. The highest BCUT2D eigenvalue weighted by molar-refractivity contribution is 5.09. The molecule has 0 aliphatic heterocycles. The van der Waals surface area contributed by atoms with E-state index in [2.05, 4.69) is 15.3 Å². The fourth-order valence-corrected chi connectivity index (χ4v) is 1.57. The van der Waals surface area contributed by atoms with Gasteiger partial charge in [0.15, 0.2) is 0 Å². The molecule has 0 saturated heterocycles. The molecular weight excluding hydrogens is 200 g/mol. The first-order chi connectivity index (χ1) is 7.86. The summed E-state index contributed by atoms with van der Waals surface area (Å²) in [6.07, 6.45) is 8.39. The van der Waals surface area contributed by atoms with Crippen LogP contribution in [-0.4, -0.2) is 21.1 Å². The molecule has 1 N–H and O–H groups in total. The van der Waals surface area contributed by atoms with E-state index < -0.39 is 0 Å². The SMILES string of the molecule is Cn1ccnc1CCNCc1ccncc1. The third-order valence-electron chi connectivity index (χ3n) is 2.52. The maximum absolute atomic E-state index is 4.27. The van der Waals surface area contributed by atoms with Crippen molar-refractivity contribution < 1.29 is 0 Å². The molecule has 2 aromatic rings. The summed E-state index contributed by atoms with van der Waals surface area (Å²) in [6.45, 7) is 1.82. The highest BCUT2D eigenvalue weighted by Gasteiger charge is 1.98. The van der Waals surface area contributed by atoms with Gasteiger partial charge in [0, 0.05) is 51.3 Å². The summed E-state index contributed by atoms with van der Waals surface area (Å²) in [5.74, 6) is 1.11. The molecule has 4 nitrogen and oxygen atoms in total. The highest BCUT2D eigenvalue weighted by Crippen LogP contribution is 1.96. The molecule has 0 amide bonds. The van der Waals surface area contributed by atoms with E-state index in [1.807, 2.05) is 48.5 Å². The van der Waals surface area contributed by atoms with Crippen LogP contribution in [0.5, 0.6) is 0 Å². The van der Waals surface area contributed by atoms with Crippen LogP contribution in [0.3, 0.4) is 0 Å². The molecule has 0 aliphatic rings. The molecule has 0 fully saturated rings. The Hall–Kier alpha value is -1.68. The molecule has 2 heterocycles. The second-order valence-electron chi connectivity index (χ2n) is 3.74. The van der Waals surface area contributed by atoms with Crippen LogP contribution < -0.4 is 5.32 Å². The standard InChI is InChI=1S/C12H16N4/c1-16-9-8-15-12(16)4-7-14-10-11-2-5-13-6-3-11/h2-3,5-6,8-9,14H,4,7,10H2,1H3. The predicted octanol–water partition coefficient (Wildman–Crippen LogP) is 1.15. The molecule has 2 rings (SSSR count). The Morgan fingerprint density at radius 2 is 2.06 bits per heavy atom. The van der Waals surface area contributed by atoms with Gasteiger partial charge in [0.1, 0.15) is 5.82 Å². The number of nitrogens with zero attached hydrogens (tertiary/aromatic N) is 3. The van der Waals surface area contributed by atoms with Crippen molar-refractivity contribution in [1.29, 1.82) is 0 Å². The number of aromatic nitrogens is 3. The van der Waals surface area contributed by atoms with E-state index in [0.717, 1.165) is 25.3 Å². The highest BCUT2D eigenvalue weighted by atomic mass is 15.0. The summed E-state index contributed by atoms with van der Waals surface area (Å²) in [4.78, 5) is 8.26. The average molecular weight is 216 g/mol. The average Bonchev–Trinajstić information content (AvgIpc) is 2.72. The lowest BCUT2D eigenvalue weighted by Crippen LogP contribution is -2.18. The minimum absolute atomic E-state index is 0.882. The fraction of sp³-hybridized carbons (Fsp3) is 0.333. The van der Waals surface area contributed by atoms with Crippen LogP contribution in [0.2, 0.25) is 0 Å². The van der Waals surface area contributed by atoms with Gasteiger partial charge < -0.3 is 9.88 Å². The first-order valence-corrected chi connectivity index (χ1v) is 5.42. The predicted molar refractivity (Wildman–Crippen MR) is 62.9 cm³/mol. The van der Waals surface area contributed by atoms with Crippen LogP contribution in [0.4, 0.5) is 0 Å². The molecule has 0 aromatic carbocycles. The van der Waals surface area contributed by atoms with Crippen molar-refractivity contribution in [3.05, 3.63) is 48.3 Å². The number of aryl methyl sites for hydroxylation is 1. The quantitative estimate of drug-likeness (QED) is 0.762. The maximum Gasteiger partial charge on any atom is 0.109 e. The van der Waals surface area contributed by atoms with Gasteiger partial charge >= 0.3 is 0 Å². The number of hydrogen-bond acceptors (Lipinski definition) is 3. The van der Waals surface area contributed by atoms with E-state index in [1.54, 1.807) is 0 Å². The Labute approximate surface area is 95.4 Å². The van der Waals surface area contributed by atoms with Crippen molar-refractivity contribution in [3.8, 4) is 0 Å². The van der Waals surface area contributed by atoms with Crippen LogP contribution in [0, 0.1) is 0 Å². The molecule has 0 unspecified atom stereocenters. The van der Waals surface area contributed by atoms with E-state index in [9.17, 15) is 0 Å². The Bertz CT molecular complexity index is 422. The Morgan fingerprint density at radius 3 is 2.75 bits per heavy atom. The zero-order valence-electron chi connectivity index (χ0n) is 9.43. The van der Waals surface area contributed by atoms with Gasteiger partial charge in [-0.05, 0) is 17.7 Å². The molecule has 16 heavy (non-hydrogen) atoms. The summed E-state index contributed by atoms with van der Waals surface area (Å²) < 4.78 is 2.05. The van der Waals surface area contributed by atoms with Gasteiger partial charge in [0.25, 0.3) is 0 Å². The Morgan fingerprint density at radius 1 is 1.25 bits per heavy atom. The molecule has 0 aliphatic carbocycles. The lowest BCUT2D eigenvalue weighted by Gasteiger charge is -2.04. The van der Waals surface area contributed by atoms with Gasteiger partial charge in [-0.15, -0.1) is 0 Å². The third kappa shape index (κ3) is 2.90. The second kappa shape index (κ2) is 5.42. The largest absolute Gasteiger partial charge is 0.338 e. The van der Waals surface area contributed by atoms with Crippen molar-refractivity contribution in [2.45, 2.75) is 13.0 Å². The van der Waals surface area contributed by atoms with Crippen molar-refractivity contribution in [1.82, 2.24) is 19.9 Å². The van der Waals surface area contributed by atoms with E-state index in [4.69, 9.17) is 0 Å². The Balaban J connectivity index is 1.72.